The predicted octanol–water partition coefficient (Wildman–Crippen LogP) is 4.49. The van der Waals surface area contributed by atoms with Crippen LogP contribution in [0.2, 0.25) is 0 Å². The van der Waals surface area contributed by atoms with Crippen molar-refractivity contribution in [2.75, 3.05) is 11.4 Å². The number of hydrogen-bond donors (Lipinski definition) is 0. The van der Waals surface area contributed by atoms with Gasteiger partial charge in [-0.15, -0.1) is 0 Å². The molecule has 2 fully saturated rings. The summed E-state index contributed by atoms with van der Waals surface area (Å²) in [6, 6.07) is 5.93. The third-order valence-corrected chi connectivity index (χ3v) is 5.09. The monoisotopic (exact) mass is 311 g/mol. The van der Waals surface area contributed by atoms with E-state index in [1.54, 1.807) is 12.1 Å². The van der Waals surface area contributed by atoms with Crippen LogP contribution in [-0.4, -0.2) is 12.6 Å². The Morgan fingerprint density at radius 1 is 1.22 bits per heavy atom. The molecule has 1 saturated heterocycles. The highest BCUT2D eigenvalue weighted by molar-refractivity contribution is 9.08. The Labute approximate surface area is 116 Å². The maximum Gasteiger partial charge on any atom is 0.123 e. The third-order valence-electron chi connectivity index (χ3n) is 4.49. The molecule has 0 amide bonds. The summed E-state index contributed by atoms with van der Waals surface area (Å²) in [4.78, 5) is 2.54. The zero-order valence-corrected chi connectivity index (χ0v) is 12.1. The minimum atomic E-state index is -0.131. The van der Waals surface area contributed by atoms with Crippen LogP contribution in [0.5, 0.6) is 0 Å². The summed E-state index contributed by atoms with van der Waals surface area (Å²) in [5.74, 6) is 0.736. The standard InChI is InChI=1S/C15H19BrFN/c16-10-12-9-13(17)6-7-15(12)18-8-2-4-11-3-1-5-14(11)18/h6-7,9,11,14H,1-5,8,10H2. The fourth-order valence-electron chi connectivity index (χ4n) is 3.69. The molecule has 1 heterocycles. The Balaban J connectivity index is 1.93. The molecule has 0 spiro atoms. The topological polar surface area (TPSA) is 3.24 Å². The molecule has 2 unspecified atom stereocenters. The molecule has 2 atom stereocenters. The van der Waals surface area contributed by atoms with E-state index in [9.17, 15) is 4.39 Å². The maximum atomic E-state index is 13.3. The highest BCUT2D eigenvalue weighted by atomic mass is 79.9. The van der Waals surface area contributed by atoms with Crippen molar-refractivity contribution in [3.8, 4) is 0 Å². The van der Waals surface area contributed by atoms with Crippen LogP contribution in [0.25, 0.3) is 0 Å². The molecule has 3 rings (SSSR count). The quantitative estimate of drug-likeness (QED) is 0.727. The van der Waals surface area contributed by atoms with E-state index in [4.69, 9.17) is 0 Å². The molecule has 0 radical (unpaired) electrons. The number of hydrogen-bond acceptors (Lipinski definition) is 1. The fraction of sp³-hybridized carbons (Fsp3) is 0.600. The molecule has 1 nitrogen and oxygen atoms in total. The molecule has 1 aliphatic heterocycles. The Hall–Kier alpha value is -0.570. The van der Waals surface area contributed by atoms with Gasteiger partial charge in [-0.3, -0.25) is 0 Å². The number of alkyl halides is 1. The lowest BCUT2D eigenvalue weighted by Gasteiger charge is -2.40. The molecule has 1 aliphatic carbocycles. The Bertz CT molecular complexity index is 435. The summed E-state index contributed by atoms with van der Waals surface area (Å²) in [7, 11) is 0. The molecular formula is C15H19BrFN. The number of halogens is 2. The van der Waals surface area contributed by atoms with Gasteiger partial charge in [0.25, 0.3) is 0 Å². The van der Waals surface area contributed by atoms with Gasteiger partial charge in [0, 0.05) is 23.6 Å². The van der Waals surface area contributed by atoms with Gasteiger partial charge in [-0.1, -0.05) is 22.4 Å². The van der Waals surface area contributed by atoms with Crippen molar-refractivity contribution >= 4 is 21.6 Å². The lowest BCUT2D eigenvalue weighted by atomic mass is 9.91. The van der Waals surface area contributed by atoms with Gasteiger partial charge in [0.15, 0.2) is 0 Å². The molecule has 1 saturated carbocycles. The van der Waals surface area contributed by atoms with Crippen LogP contribution >= 0.6 is 15.9 Å². The Morgan fingerprint density at radius 3 is 2.89 bits per heavy atom. The van der Waals surface area contributed by atoms with Crippen LogP contribution in [0, 0.1) is 11.7 Å². The molecular weight excluding hydrogens is 293 g/mol. The van der Waals surface area contributed by atoms with Crippen molar-refractivity contribution in [2.24, 2.45) is 5.92 Å². The second-order valence-electron chi connectivity index (χ2n) is 5.50. The van der Waals surface area contributed by atoms with Gasteiger partial charge in [-0.2, -0.15) is 0 Å². The van der Waals surface area contributed by atoms with Gasteiger partial charge in [-0.05, 0) is 55.4 Å². The number of fused-ring (bicyclic) bond motifs is 1. The second kappa shape index (κ2) is 5.20. The molecule has 1 aromatic carbocycles. The van der Waals surface area contributed by atoms with E-state index in [1.165, 1.54) is 37.8 Å². The fourth-order valence-corrected chi connectivity index (χ4v) is 4.14. The Morgan fingerprint density at radius 2 is 2.06 bits per heavy atom. The van der Waals surface area contributed by atoms with E-state index in [0.717, 1.165) is 23.4 Å². The molecule has 3 heteroatoms. The maximum absolute atomic E-state index is 13.3. The summed E-state index contributed by atoms with van der Waals surface area (Å²) in [6.45, 7) is 1.13. The lowest BCUT2D eigenvalue weighted by Crippen LogP contribution is -2.43. The number of piperidine rings is 1. The summed E-state index contributed by atoms with van der Waals surface area (Å²) in [5.41, 5.74) is 2.33. The zero-order valence-electron chi connectivity index (χ0n) is 10.5. The molecule has 2 aliphatic rings. The number of anilines is 1. The number of nitrogens with zero attached hydrogens (tertiary/aromatic N) is 1. The van der Waals surface area contributed by atoms with E-state index < -0.39 is 0 Å². The molecule has 0 N–H and O–H groups in total. The first-order valence-corrected chi connectivity index (χ1v) is 8.03. The molecule has 0 bridgehead atoms. The first-order valence-electron chi connectivity index (χ1n) is 6.90. The summed E-state index contributed by atoms with van der Waals surface area (Å²) >= 11 is 3.49. The summed E-state index contributed by atoms with van der Waals surface area (Å²) < 4.78 is 13.3. The van der Waals surface area contributed by atoms with Crippen LogP contribution in [0.4, 0.5) is 10.1 Å². The average Bonchev–Trinajstić information content (AvgIpc) is 2.86. The Kier molecular flexibility index (Phi) is 3.60. The third kappa shape index (κ3) is 2.18. The van der Waals surface area contributed by atoms with E-state index >= 15 is 0 Å². The van der Waals surface area contributed by atoms with Crippen molar-refractivity contribution in [3.05, 3.63) is 29.6 Å². The molecule has 18 heavy (non-hydrogen) atoms. The van der Waals surface area contributed by atoms with Crippen LogP contribution < -0.4 is 4.90 Å². The SMILES string of the molecule is Fc1ccc(N2CCCC3CCCC32)c(CBr)c1. The summed E-state index contributed by atoms with van der Waals surface area (Å²) in [5, 5.41) is 0.730. The largest absolute Gasteiger partial charge is 0.368 e. The van der Waals surface area contributed by atoms with Crippen molar-refractivity contribution in [1.29, 1.82) is 0 Å². The highest BCUT2D eigenvalue weighted by Gasteiger charge is 2.35. The molecule has 0 aromatic heterocycles. The van der Waals surface area contributed by atoms with Gasteiger partial charge >= 0.3 is 0 Å². The average molecular weight is 312 g/mol. The van der Waals surface area contributed by atoms with Gasteiger partial charge < -0.3 is 4.90 Å². The smallest absolute Gasteiger partial charge is 0.123 e. The van der Waals surface area contributed by atoms with E-state index in [-0.39, 0.29) is 5.82 Å². The first-order chi connectivity index (χ1) is 8.79. The van der Waals surface area contributed by atoms with Gasteiger partial charge in [0.05, 0.1) is 0 Å². The van der Waals surface area contributed by atoms with Gasteiger partial charge in [0.2, 0.25) is 0 Å². The summed E-state index contributed by atoms with van der Waals surface area (Å²) in [6.07, 6.45) is 6.71. The minimum Gasteiger partial charge on any atom is -0.368 e. The van der Waals surface area contributed by atoms with E-state index in [2.05, 4.69) is 20.8 Å². The van der Waals surface area contributed by atoms with Crippen molar-refractivity contribution < 1.29 is 4.39 Å². The molecule has 1 aromatic rings. The predicted molar refractivity (Wildman–Crippen MR) is 76.7 cm³/mol. The van der Waals surface area contributed by atoms with Crippen molar-refractivity contribution in [2.45, 2.75) is 43.5 Å². The normalized spacial score (nSPS) is 27.3. The van der Waals surface area contributed by atoms with E-state index in [0.29, 0.717) is 6.04 Å². The van der Waals surface area contributed by atoms with Crippen LogP contribution in [0.15, 0.2) is 18.2 Å². The van der Waals surface area contributed by atoms with Crippen molar-refractivity contribution in [1.82, 2.24) is 0 Å². The highest BCUT2D eigenvalue weighted by Crippen LogP contribution is 2.40. The van der Waals surface area contributed by atoms with Crippen molar-refractivity contribution in [3.63, 3.8) is 0 Å². The second-order valence-corrected chi connectivity index (χ2v) is 6.06. The van der Waals surface area contributed by atoms with Gasteiger partial charge in [-0.25, -0.2) is 4.39 Å². The number of benzene rings is 1. The van der Waals surface area contributed by atoms with Crippen LogP contribution in [-0.2, 0) is 5.33 Å². The van der Waals surface area contributed by atoms with E-state index in [1.807, 2.05) is 6.07 Å². The number of rotatable bonds is 2. The van der Waals surface area contributed by atoms with Crippen LogP contribution in [0.3, 0.4) is 0 Å². The molecule has 98 valence electrons. The minimum absolute atomic E-state index is 0.131. The van der Waals surface area contributed by atoms with Gasteiger partial charge in [0.1, 0.15) is 5.82 Å². The lowest BCUT2D eigenvalue weighted by molar-refractivity contribution is 0.362. The first kappa shape index (κ1) is 12.5. The zero-order chi connectivity index (χ0) is 12.5. The van der Waals surface area contributed by atoms with Crippen LogP contribution in [0.1, 0.15) is 37.7 Å².